The van der Waals surface area contributed by atoms with Crippen molar-refractivity contribution in [3.8, 4) is 5.75 Å². The molecule has 2 heterocycles. The van der Waals surface area contributed by atoms with E-state index in [1.165, 1.54) is 17.0 Å². The number of imide groups is 1. The standard InChI is InChI=1S/C32H37FN2O6/c33-25-15-19(9-11-27(25)38)14-20(26-8-4-5-13-34-26)10-12-28(39)29-21(17-36)16-23-30(24(29)18-37)32(41)35(31(23)40)22-6-2-1-3-7-22/h4-5,8-9,11,13-15,22-24,28,30,36-39H,1-3,6-7,10,12,16-18H2/b20-14-/t23-,24+,28-,30-/m1/s1. The molecule has 2 aromatic rings. The fraction of sp³-hybridized carbons (Fsp3) is 0.469. The van der Waals surface area contributed by atoms with Gasteiger partial charge in [0.25, 0.3) is 0 Å². The van der Waals surface area contributed by atoms with Crippen molar-refractivity contribution in [1.29, 1.82) is 0 Å². The van der Waals surface area contributed by atoms with Gasteiger partial charge in [-0.05, 0) is 84.7 Å². The molecule has 1 saturated carbocycles. The molecule has 41 heavy (non-hydrogen) atoms. The fourth-order valence-electron chi connectivity index (χ4n) is 6.92. The normalized spacial score (nSPS) is 24.6. The number of aliphatic hydroxyl groups excluding tert-OH is 3. The van der Waals surface area contributed by atoms with Crippen LogP contribution in [-0.2, 0) is 9.59 Å². The van der Waals surface area contributed by atoms with Crippen molar-refractivity contribution in [1.82, 2.24) is 9.88 Å². The first kappa shape index (κ1) is 29.1. The summed E-state index contributed by atoms with van der Waals surface area (Å²) in [7, 11) is 0. The number of nitrogens with zero attached hydrogens (tertiary/aromatic N) is 2. The van der Waals surface area contributed by atoms with E-state index in [1.807, 2.05) is 6.07 Å². The molecule has 1 aliphatic heterocycles. The predicted molar refractivity (Wildman–Crippen MR) is 150 cm³/mol. The number of likely N-dealkylation sites (tertiary alicyclic amines) is 1. The lowest BCUT2D eigenvalue weighted by atomic mass is 9.68. The highest BCUT2D eigenvalue weighted by Gasteiger charge is 2.56. The SMILES string of the molecule is O=C1[C@@H]2[C@@H](CC(CO)=C([C@H](O)CC/C(=C/c3ccc(O)c(F)c3)c3ccccn3)[C@@H]2CO)C(=O)N1C1CCCCC1. The lowest BCUT2D eigenvalue weighted by molar-refractivity contribution is -0.143. The van der Waals surface area contributed by atoms with Crippen molar-refractivity contribution >= 4 is 23.5 Å². The summed E-state index contributed by atoms with van der Waals surface area (Å²) >= 11 is 0. The van der Waals surface area contributed by atoms with E-state index in [2.05, 4.69) is 4.98 Å². The number of phenolic OH excluding ortho intramolecular Hbond substituents is 1. The molecule has 1 saturated heterocycles. The second kappa shape index (κ2) is 12.6. The van der Waals surface area contributed by atoms with E-state index in [0.29, 0.717) is 34.4 Å². The topological polar surface area (TPSA) is 131 Å². The van der Waals surface area contributed by atoms with Crippen LogP contribution in [0.15, 0.2) is 53.7 Å². The maximum absolute atomic E-state index is 14.0. The summed E-state index contributed by atoms with van der Waals surface area (Å²) in [4.78, 5) is 32.9. The fourth-order valence-corrected chi connectivity index (χ4v) is 6.92. The second-order valence-corrected chi connectivity index (χ2v) is 11.3. The molecule has 0 radical (unpaired) electrons. The summed E-state index contributed by atoms with van der Waals surface area (Å²) in [6.45, 7) is -0.808. The Hall–Kier alpha value is -3.40. The van der Waals surface area contributed by atoms with Crippen molar-refractivity contribution in [3.05, 3.63) is 70.8 Å². The van der Waals surface area contributed by atoms with Crippen molar-refractivity contribution in [2.24, 2.45) is 17.8 Å². The van der Waals surface area contributed by atoms with Gasteiger partial charge < -0.3 is 20.4 Å². The first-order valence-corrected chi connectivity index (χ1v) is 14.4. The van der Waals surface area contributed by atoms with Crippen LogP contribution in [0.5, 0.6) is 5.75 Å². The Morgan fingerprint density at radius 2 is 1.88 bits per heavy atom. The van der Waals surface area contributed by atoms with Crippen molar-refractivity contribution in [2.75, 3.05) is 13.2 Å². The maximum atomic E-state index is 14.0. The Morgan fingerprint density at radius 1 is 1.10 bits per heavy atom. The Balaban J connectivity index is 1.40. The molecule has 9 heteroatoms. The number of phenols is 1. The summed E-state index contributed by atoms with van der Waals surface area (Å²) in [6.07, 6.45) is 7.53. The molecule has 0 spiro atoms. The molecular weight excluding hydrogens is 527 g/mol. The summed E-state index contributed by atoms with van der Waals surface area (Å²) in [5.41, 5.74) is 2.78. The van der Waals surface area contributed by atoms with E-state index in [1.54, 1.807) is 30.5 Å². The number of pyridine rings is 1. The first-order chi connectivity index (χ1) is 19.8. The van der Waals surface area contributed by atoms with E-state index >= 15 is 0 Å². The van der Waals surface area contributed by atoms with Crippen molar-refractivity contribution < 1.29 is 34.4 Å². The number of aliphatic hydroxyl groups is 3. The molecule has 5 rings (SSSR count). The van der Waals surface area contributed by atoms with Crippen LogP contribution in [0.3, 0.4) is 0 Å². The number of hydrogen-bond acceptors (Lipinski definition) is 7. The highest BCUT2D eigenvalue weighted by atomic mass is 19.1. The van der Waals surface area contributed by atoms with Gasteiger partial charge in [0.05, 0.1) is 36.8 Å². The van der Waals surface area contributed by atoms with Gasteiger partial charge in [0.1, 0.15) is 0 Å². The van der Waals surface area contributed by atoms with Gasteiger partial charge in [-0.15, -0.1) is 0 Å². The minimum absolute atomic E-state index is 0.129. The minimum Gasteiger partial charge on any atom is -0.505 e. The Bertz CT molecular complexity index is 1340. The first-order valence-electron chi connectivity index (χ1n) is 14.4. The number of hydrogen-bond donors (Lipinski definition) is 4. The molecule has 8 nitrogen and oxygen atoms in total. The van der Waals surface area contributed by atoms with E-state index in [0.717, 1.165) is 32.1 Å². The average Bonchev–Trinajstić information content (AvgIpc) is 3.25. The predicted octanol–water partition coefficient (Wildman–Crippen LogP) is 3.84. The number of aromatic hydroxyl groups is 1. The van der Waals surface area contributed by atoms with Gasteiger partial charge in [0.15, 0.2) is 11.6 Å². The van der Waals surface area contributed by atoms with Gasteiger partial charge in [0, 0.05) is 18.2 Å². The number of allylic oxidation sites excluding steroid dienone is 1. The molecular formula is C32H37FN2O6. The zero-order valence-electron chi connectivity index (χ0n) is 23.0. The molecule has 0 bridgehead atoms. The summed E-state index contributed by atoms with van der Waals surface area (Å²) < 4.78 is 14.0. The van der Waals surface area contributed by atoms with Crippen molar-refractivity contribution in [3.63, 3.8) is 0 Å². The van der Waals surface area contributed by atoms with Gasteiger partial charge in [0.2, 0.25) is 11.8 Å². The number of benzene rings is 1. The quantitative estimate of drug-likeness (QED) is 0.269. The molecule has 0 unspecified atom stereocenters. The zero-order chi connectivity index (χ0) is 29.1. The highest BCUT2D eigenvalue weighted by Crippen LogP contribution is 2.47. The Morgan fingerprint density at radius 3 is 2.54 bits per heavy atom. The number of carbonyl (C=O) groups is 2. The van der Waals surface area contributed by atoms with Crippen molar-refractivity contribution in [2.45, 2.75) is 63.5 Å². The van der Waals surface area contributed by atoms with Gasteiger partial charge in [-0.2, -0.15) is 0 Å². The number of rotatable bonds is 9. The number of aromatic nitrogens is 1. The second-order valence-electron chi connectivity index (χ2n) is 11.3. The van der Waals surface area contributed by atoms with Crippen LogP contribution in [0.1, 0.15) is 62.6 Å². The lowest BCUT2D eigenvalue weighted by Gasteiger charge is -2.36. The minimum atomic E-state index is -1.09. The van der Waals surface area contributed by atoms with Gasteiger partial charge in [-0.3, -0.25) is 19.5 Å². The van der Waals surface area contributed by atoms with Crippen LogP contribution in [0.2, 0.25) is 0 Å². The van der Waals surface area contributed by atoms with E-state index < -0.39 is 42.0 Å². The molecule has 1 aromatic heterocycles. The van der Waals surface area contributed by atoms with Gasteiger partial charge in [-0.1, -0.05) is 31.4 Å². The molecule has 218 valence electrons. The van der Waals surface area contributed by atoms with Crippen LogP contribution >= 0.6 is 0 Å². The summed E-state index contributed by atoms with van der Waals surface area (Å²) in [5, 5.41) is 41.8. The summed E-state index contributed by atoms with van der Waals surface area (Å²) in [5.74, 6) is -3.90. The van der Waals surface area contributed by atoms with Crippen LogP contribution in [0.4, 0.5) is 4.39 Å². The average molecular weight is 565 g/mol. The molecule has 1 aromatic carbocycles. The third kappa shape index (κ3) is 5.84. The van der Waals surface area contributed by atoms with E-state index in [9.17, 15) is 34.4 Å². The van der Waals surface area contributed by atoms with Crippen LogP contribution in [0, 0.1) is 23.6 Å². The highest BCUT2D eigenvalue weighted by molar-refractivity contribution is 6.06. The molecule has 2 aliphatic carbocycles. The van der Waals surface area contributed by atoms with E-state index in [4.69, 9.17) is 0 Å². The third-order valence-electron chi connectivity index (χ3n) is 8.90. The molecule has 2 fully saturated rings. The van der Waals surface area contributed by atoms with Gasteiger partial charge in [-0.25, -0.2) is 4.39 Å². The lowest BCUT2D eigenvalue weighted by Crippen LogP contribution is -2.42. The van der Waals surface area contributed by atoms with Gasteiger partial charge >= 0.3 is 0 Å². The summed E-state index contributed by atoms with van der Waals surface area (Å²) in [6, 6.07) is 9.33. The smallest absolute Gasteiger partial charge is 0.234 e. The van der Waals surface area contributed by atoms with Crippen LogP contribution in [-0.4, -0.2) is 67.5 Å². The number of fused-ring (bicyclic) bond motifs is 1. The molecule has 4 atom stereocenters. The maximum Gasteiger partial charge on any atom is 0.234 e. The largest absolute Gasteiger partial charge is 0.505 e. The van der Waals surface area contributed by atoms with Crippen LogP contribution < -0.4 is 0 Å². The third-order valence-corrected chi connectivity index (χ3v) is 8.90. The van der Waals surface area contributed by atoms with Crippen LogP contribution in [0.25, 0.3) is 11.6 Å². The zero-order valence-corrected chi connectivity index (χ0v) is 23.0. The number of halogens is 1. The number of carbonyl (C=O) groups excluding carboxylic acids is 2. The molecule has 2 amide bonds. The Kier molecular flexibility index (Phi) is 8.97. The van der Waals surface area contributed by atoms with E-state index in [-0.39, 0.29) is 37.3 Å². The molecule has 4 N–H and O–H groups in total. The number of amides is 2. The Labute approximate surface area is 238 Å². The molecule has 3 aliphatic rings. The monoisotopic (exact) mass is 564 g/mol.